The molecule has 3 rings (SSSR count). The molecule has 196 valence electrons. The van der Waals surface area contributed by atoms with Crippen LogP contribution in [-0.2, 0) is 14.8 Å². The topological polar surface area (TPSA) is 120 Å². The summed E-state index contributed by atoms with van der Waals surface area (Å²) in [5.74, 6) is 1.56. The molecule has 0 aliphatic carbocycles. The van der Waals surface area contributed by atoms with Gasteiger partial charge in [0.25, 0.3) is 10.0 Å². The molecule has 1 aromatic heterocycles. The fourth-order valence-electron chi connectivity index (χ4n) is 3.48. The van der Waals surface area contributed by atoms with E-state index in [4.69, 9.17) is 9.47 Å². The molecule has 1 amide bonds. The molecule has 0 unspecified atom stereocenters. The van der Waals surface area contributed by atoms with Gasteiger partial charge in [0.05, 0.1) is 18.6 Å². The lowest BCUT2D eigenvalue weighted by atomic mass is 10.2. The fourth-order valence-corrected chi connectivity index (χ4v) is 4.47. The quantitative estimate of drug-likeness (QED) is 0.249. The first-order valence-corrected chi connectivity index (χ1v) is 13.4. The van der Waals surface area contributed by atoms with Crippen molar-refractivity contribution in [3.05, 3.63) is 71.7 Å². The number of nitrogens with zero attached hydrogens (tertiary/aromatic N) is 2. The SMILES string of the molecule is CCCCCOc1ccc(/C=C/C(=O)Nc2ccc(S(=O)(=O)Nc3cc(C)nc(C)n3)cc2)cc1OC. The summed E-state index contributed by atoms with van der Waals surface area (Å²) in [5.41, 5.74) is 1.88. The number of unbranched alkanes of at least 4 members (excludes halogenated alkanes) is 2. The lowest BCUT2D eigenvalue weighted by molar-refractivity contribution is -0.111. The van der Waals surface area contributed by atoms with Crippen LogP contribution >= 0.6 is 0 Å². The van der Waals surface area contributed by atoms with Gasteiger partial charge >= 0.3 is 0 Å². The highest BCUT2D eigenvalue weighted by Gasteiger charge is 2.15. The van der Waals surface area contributed by atoms with Crippen LogP contribution in [0.4, 0.5) is 11.5 Å². The second kappa shape index (κ2) is 12.9. The summed E-state index contributed by atoms with van der Waals surface area (Å²) in [6, 6.07) is 12.9. The van der Waals surface area contributed by atoms with E-state index in [1.54, 1.807) is 39.2 Å². The Balaban J connectivity index is 1.60. The summed E-state index contributed by atoms with van der Waals surface area (Å²) in [4.78, 5) is 20.7. The molecule has 0 fully saturated rings. The Morgan fingerprint density at radius 2 is 1.76 bits per heavy atom. The predicted octanol–water partition coefficient (Wildman–Crippen LogP) is 5.12. The van der Waals surface area contributed by atoms with Crippen molar-refractivity contribution in [2.45, 2.75) is 44.9 Å². The van der Waals surface area contributed by atoms with E-state index in [0.29, 0.717) is 35.3 Å². The Labute approximate surface area is 218 Å². The molecule has 0 saturated heterocycles. The third-order valence-electron chi connectivity index (χ3n) is 5.26. The number of carbonyl (C=O) groups is 1. The summed E-state index contributed by atoms with van der Waals surface area (Å²) < 4.78 is 39.0. The number of methoxy groups -OCH3 is 1. The first-order valence-electron chi connectivity index (χ1n) is 11.9. The third kappa shape index (κ3) is 8.32. The third-order valence-corrected chi connectivity index (χ3v) is 6.63. The summed E-state index contributed by atoms with van der Waals surface area (Å²) in [5, 5.41) is 2.72. The molecule has 0 bridgehead atoms. The zero-order valence-corrected chi connectivity index (χ0v) is 22.3. The molecule has 37 heavy (non-hydrogen) atoms. The van der Waals surface area contributed by atoms with E-state index in [1.165, 1.54) is 30.3 Å². The summed E-state index contributed by atoms with van der Waals surface area (Å²) in [6.07, 6.45) is 6.26. The number of ether oxygens (including phenoxy) is 2. The van der Waals surface area contributed by atoms with Gasteiger partial charge in [0.15, 0.2) is 11.5 Å². The van der Waals surface area contributed by atoms with Gasteiger partial charge in [0.1, 0.15) is 11.6 Å². The molecule has 10 heteroatoms. The average Bonchev–Trinajstić information content (AvgIpc) is 2.85. The van der Waals surface area contributed by atoms with Crippen LogP contribution in [0.1, 0.15) is 43.3 Å². The van der Waals surface area contributed by atoms with Crippen molar-refractivity contribution in [1.82, 2.24) is 9.97 Å². The normalized spacial score (nSPS) is 11.4. The molecule has 0 spiro atoms. The molecule has 0 saturated carbocycles. The number of amides is 1. The largest absolute Gasteiger partial charge is 0.493 e. The standard InChI is InChI=1S/C27H32N4O5S/c1-5-6-7-16-36-24-14-8-21(18-25(24)35-4)9-15-27(32)30-22-10-12-23(13-11-22)37(33,34)31-26-17-19(2)28-20(3)29-26/h8-15,17-18H,5-7,16H2,1-4H3,(H,30,32)(H,28,29,31)/b15-9+. The summed E-state index contributed by atoms with van der Waals surface area (Å²) in [6.45, 7) is 6.21. The predicted molar refractivity (Wildman–Crippen MR) is 144 cm³/mol. The van der Waals surface area contributed by atoms with Crippen molar-refractivity contribution in [2.75, 3.05) is 23.8 Å². The Hall–Kier alpha value is -3.92. The molecule has 2 aromatic carbocycles. The molecular weight excluding hydrogens is 492 g/mol. The van der Waals surface area contributed by atoms with E-state index in [1.807, 2.05) is 12.1 Å². The number of sulfonamides is 1. The second-order valence-electron chi connectivity index (χ2n) is 8.36. The Morgan fingerprint density at radius 1 is 1.00 bits per heavy atom. The van der Waals surface area contributed by atoms with E-state index >= 15 is 0 Å². The van der Waals surface area contributed by atoms with Crippen molar-refractivity contribution in [2.24, 2.45) is 0 Å². The van der Waals surface area contributed by atoms with Gasteiger partial charge in [-0.25, -0.2) is 18.4 Å². The number of anilines is 2. The molecule has 9 nitrogen and oxygen atoms in total. The van der Waals surface area contributed by atoms with Crippen molar-refractivity contribution >= 4 is 33.5 Å². The van der Waals surface area contributed by atoms with Crippen LogP contribution in [0.25, 0.3) is 6.08 Å². The molecule has 2 N–H and O–H groups in total. The number of carbonyl (C=O) groups excluding carboxylic acids is 1. The zero-order valence-electron chi connectivity index (χ0n) is 21.4. The second-order valence-corrected chi connectivity index (χ2v) is 10.0. The molecule has 0 atom stereocenters. The van der Waals surface area contributed by atoms with E-state index in [0.717, 1.165) is 24.8 Å². The van der Waals surface area contributed by atoms with Gasteiger partial charge in [-0.1, -0.05) is 25.8 Å². The maximum Gasteiger partial charge on any atom is 0.263 e. The number of aromatic nitrogens is 2. The lowest BCUT2D eigenvalue weighted by Crippen LogP contribution is -2.15. The minimum absolute atomic E-state index is 0.0408. The van der Waals surface area contributed by atoms with Gasteiger partial charge in [-0.05, 0) is 68.3 Å². The van der Waals surface area contributed by atoms with Crippen LogP contribution in [0, 0.1) is 13.8 Å². The van der Waals surface area contributed by atoms with Gasteiger partial charge in [-0.2, -0.15) is 0 Å². The van der Waals surface area contributed by atoms with Crippen LogP contribution in [0.5, 0.6) is 11.5 Å². The van der Waals surface area contributed by atoms with Gasteiger partial charge < -0.3 is 14.8 Å². The monoisotopic (exact) mass is 524 g/mol. The molecule has 0 radical (unpaired) electrons. The molecule has 1 heterocycles. The van der Waals surface area contributed by atoms with E-state index in [9.17, 15) is 13.2 Å². The number of benzene rings is 2. The molecule has 0 aliphatic heterocycles. The molecular formula is C27H32N4O5S. The molecule has 3 aromatic rings. The van der Waals surface area contributed by atoms with E-state index in [2.05, 4.69) is 26.9 Å². The first-order chi connectivity index (χ1) is 17.7. The van der Waals surface area contributed by atoms with Crippen LogP contribution in [0.3, 0.4) is 0 Å². The number of aryl methyl sites for hydroxylation is 2. The number of nitrogens with one attached hydrogen (secondary N) is 2. The molecule has 0 aliphatic rings. The van der Waals surface area contributed by atoms with Gasteiger partial charge in [-0.3, -0.25) is 9.52 Å². The highest BCUT2D eigenvalue weighted by Crippen LogP contribution is 2.29. The highest BCUT2D eigenvalue weighted by atomic mass is 32.2. The number of rotatable bonds is 12. The minimum atomic E-state index is -3.85. The lowest BCUT2D eigenvalue weighted by Gasteiger charge is -2.11. The Morgan fingerprint density at radius 3 is 2.43 bits per heavy atom. The minimum Gasteiger partial charge on any atom is -0.493 e. The van der Waals surface area contributed by atoms with E-state index < -0.39 is 10.0 Å². The van der Waals surface area contributed by atoms with Crippen LogP contribution < -0.4 is 19.5 Å². The van der Waals surface area contributed by atoms with Gasteiger partial charge in [0.2, 0.25) is 5.91 Å². The van der Waals surface area contributed by atoms with Gasteiger partial charge in [-0.15, -0.1) is 0 Å². The van der Waals surface area contributed by atoms with E-state index in [-0.39, 0.29) is 16.6 Å². The van der Waals surface area contributed by atoms with Crippen LogP contribution in [0.15, 0.2) is 59.5 Å². The first kappa shape index (κ1) is 27.7. The highest BCUT2D eigenvalue weighted by molar-refractivity contribution is 7.92. The summed E-state index contributed by atoms with van der Waals surface area (Å²) in [7, 11) is -2.27. The van der Waals surface area contributed by atoms with Crippen LogP contribution in [0.2, 0.25) is 0 Å². The number of hydrogen-bond acceptors (Lipinski definition) is 7. The maximum absolute atomic E-state index is 12.7. The van der Waals surface area contributed by atoms with Crippen molar-refractivity contribution in [1.29, 1.82) is 0 Å². The number of hydrogen-bond donors (Lipinski definition) is 2. The van der Waals surface area contributed by atoms with Crippen molar-refractivity contribution in [3.63, 3.8) is 0 Å². The smallest absolute Gasteiger partial charge is 0.263 e. The summed E-state index contributed by atoms with van der Waals surface area (Å²) >= 11 is 0. The van der Waals surface area contributed by atoms with Crippen LogP contribution in [-0.4, -0.2) is 38.0 Å². The zero-order chi connectivity index (χ0) is 26.8. The maximum atomic E-state index is 12.7. The van der Waals surface area contributed by atoms with Crippen molar-refractivity contribution < 1.29 is 22.7 Å². The Kier molecular flexibility index (Phi) is 9.62. The van der Waals surface area contributed by atoms with Crippen molar-refractivity contribution in [3.8, 4) is 11.5 Å². The fraction of sp³-hybridized carbons (Fsp3) is 0.296. The van der Waals surface area contributed by atoms with Gasteiger partial charge in [0, 0.05) is 23.5 Å². The Bertz CT molecular complexity index is 1340. The average molecular weight is 525 g/mol.